The standard InChI is InChI=1S/C13H16O/c1-14-13-10-6-5-9-12(13)11-7-3-2-4-8-11/h2-3,5-7,9,13H,4,8,10H2,1H3. The normalized spacial score (nSPS) is 25.9. The second kappa shape index (κ2) is 4.43. The topological polar surface area (TPSA) is 9.23 Å². The Morgan fingerprint density at radius 2 is 2.07 bits per heavy atom. The number of rotatable bonds is 2. The molecule has 0 aromatic heterocycles. The van der Waals surface area contributed by atoms with Crippen LogP contribution in [0.25, 0.3) is 0 Å². The Labute approximate surface area is 85.5 Å². The number of hydrogen-bond donors (Lipinski definition) is 0. The van der Waals surface area contributed by atoms with Crippen LogP contribution in [-0.4, -0.2) is 13.2 Å². The summed E-state index contributed by atoms with van der Waals surface area (Å²) in [5.41, 5.74) is 2.79. The maximum absolute atomic E-state index is 5.47. The van der Waals surface area contributed by atoms with Gasteiger partial charge in [0, 0.05) is 7.11 Å². The molecule has 0 saturated heterocycles. The van der Waals surface area contributed by atoms with Gasteiger partial charge >= 0.3 is 0 Å². The summed E-state index contributed by atoms with van der Waals surface area (Å²) in [5, 5.41) is 0. The predicted octanol–water partition coefficient (Wildman–Crippen LogP) is 3.16. The van der Waals surface area contributed by atoms with Crippen LogP contribution in [0.5, 0.6) is 0 Å². The molecular formula is C13H16O. The molecule has 0 saturated carbocycles. The molecule has 1 atom stereocenters. The Hall–Kier alpha value is -1.08. The molecule has 0 heterocycles. The molecule has 14 heavy (non-hydrogen) atoms. The molecule has 74 valence electrons. The number of methoxy groups -OCH3 is 1. The molecule has 0 fully saturated rings. The third-order valence-corrected chi connectivity index (χ3v) is 2.78. The fourth-order valence-corrected chi connectivity index (χ4v) is 1.99. The van der Waals surface area contributed by atoms with E-state index >= 15 is 0 Å². The van der Waals surface area contributed by atoms with Crippen molar-refractivity contribution in [2.24, 2.45) is 0 Å². The van der Waals surface area contributed by atoms with Crippen LogP contribution >= 0.6 is 0 Å². The molecule has 0 spiro atoms. The summed E-state index contributed by atoms with van der Waals surface area (Å²) in [6.07, 6.45) is 16.6. The first kappa shape index (κ1) is 9.47. The highest BCUT2D eigenvalue weighted by molar-refractivity contribution is 5.42. The van der Waals surface area contributed by atoms with Gasteiger partial charge in [-0.05, 0) is 30.4 Å². The SMILES string of the molecule is COC1CC=CC=C1C1=CC=CCC1. The van der Waals surface area contributed by atoms with Gasteiger partial charge in [-0.3, -0.25) is 0 Å². The van der Waals surface area contributed by atoms with Crippen molar-refractivity contribution in [3.8, 4) is 0 Å². The van der Waals surface area contributed by atoms with Crippen LogP contribution in [0.1, 0.15) is 19.3 Å². The van der Waals surface area contributed by atoms with Crippen molar-refractivity contribution in [3.63, 3.8) is 0 Å². The first-order valence-electron chi connectivity index (χ1n) is 5.17. The van der Waals surface area contributed by atoms with Crippen LogP contribution in [0.2, 0.25) is 0 Å². The summed E-state index contributed by atoms with van der Waals surface area (Å²) in [7, 11) is 1.79. The first-order valence-corrected chi connectivity index (χ1v) is 5.17. The monoisotopic (exact) mass is 188 g/mol. The van der Waals surface area contributed by atoms with E-state index in [1.807, 2.05) is 0 Å². The maximum atomic E-state index is 5.47. The summed E-state index contributed by atoms with van der Waals surface area (Å²) >= 11 is 0. The quantitative estimate of drug-likeness (QED) is 0.646. The van der Waals surface area contributed by atoms with E-state index in [0.29, 0.717) is 0 Å². The summed E-state index contributed by atoms with van der Waals surface area (Å²) in [6, 6.07) is 0. The summed E-state index contributed by atoms with van der Waals surface area (Å²) in [6.45, 7) is 0. The number of hydrogen-bond acceptors (Lipinski definition) is 1. The van der Waals surface area contributed by atoms with Crippen molar-refractivity contribution >= 4 is 0 Å². The first-order chi connectivity index (χ1) is 6.92. The Bertz CT molecular complexity index is 318. The van der Waals surface area contributed by atoms with E-state index in [4.69, 9.17) is 4.74 Å². The molecule has 1 unspecified atom stereocenters. The Kier molecular flexibility index (Phi) is 3.00. The zero-order valence-corrected chi connectivity index (χ0v) is 8.57. The second-order valence-electron chi connectivity index (χ2n) is 3.67. The maximum Gasteiger partial charge on any atom is 0.0858 e. The molecule has 0 aromatic carbocycles. The van der Waals surface area contributed by atoms with Gasteiger partial charge in [-0.25, -0.2) is 0 Å². The van der Waals surface area contributed by atoms with E-state index in [2.05, 4.69) is 36.5 Å². The van der Waals surface area contributed by atoms with Crippen molar-refractivity contribution in [1.29, 1.82) is 0 Å². The lowest BCUT2D eigenvalue weighted by Gasteiger charge is -2.23. The molecule has 2 aliphatic carbocycles. The lowest BCUT2D eigenvalue weighted by atomic mass is 9.89. The fourth-order valence-electron chi connectivity index (χ4n) is 1.99. The van der Waals surface area contributed by atoms with E-state index < -0.39 is 0 Å². The molecule has 0 aromatic rings. The second-order valence-corrected chi connectivity index (χ2v) is 3.67. The average molecular weight is 188 g/mol. The predicted molar refractivity (Wildman–Crippen MR) is 59.1 cm³/mol. The van der Waals surface area contributed by atoms with Gasteiger partial charge in [-0.15, -0.1) is 0 Å². The van der Waals surface area contributed by atoms with Crippen LogP contribution in [0, 0.1) is 0 Å². The van der Waals surface area contributed by atoms with Crippen molar-refractivity contribution < 1.29 is 4.74 Å². The van der Waals surface area contributed by atoms with E-state index in [-0.39, 0.29) is 6.10 Å². The molecule has 1 nitrogen and oxygen atoms in total. The summed E-state index contributed by atoms with van der Waals surface area (Å²) in [4.78, 5) is 0. The minimum absolute atomic E-state index is 0.262. The smallest absolute Gasteiger partial charge is 0.0858 e. The third-order valence-electron chi connectivity index (χ3n) is 2.78. The van der Waals surface area contributed by atoms with E-state index in [1.54, 1.807) is 7.11 Å². The van der Waals surface area contributed by atoms with E-state index in [0.717, 1.165) is 19.3 Å². The van der Waals surface area contributed by atoms with Gasteiger partial charge in [-0.1, -0.05) is 36.5 Å². The van der Waals surface area contributed by atoms with Crippen LogP contribution < -0.4 is 0 Å². The summed E-state index contributed by atoms with van der Waals surface area (Å²) < 4.78 is 5.47. The number of allylic oxidation sites excluding steroid dienone is 5. The fraction of sp³-hybridized carbons (Fsp3) is 0.385. The third kappa shape index (κ3) is 1.88. The zero-order chi connectivity index (χ0) is 9.80. The van der Waals surface area contributed by atoms with E-state index in [9.17, 15) is 0 Å². The van der Waals surface area contributed by atoms with E-state index in [1.165, 1.54) is 11.1 Å². The minimum Gasteiger partial charge on any atom is -0.376 e. The van der Waals surface area contributed by atoms with Gasteiger partial charge in [-0.2, -0.15) is 0 Å². The Morgan fingerprint density at radius 3 is 2.79 bits per heavy atom. The highest BCUT2D eigenvalue weighted by Gasteiger charge is 2.17. The van der Waals surface area contributed by atoms with Crippen molar-refractivity contribution in [2.45, 2.75) is 25.4 Å². The van der Waals surface area contributed by atoms with Crippen LogP contribution in [0.4, 0.5) is 0 Å². The van der Waals surface area contributed by atoms with Crippen LogP contribution in [0.15, 0.2) is 47.6 Å². The van der Waals surface area contributed by atoms with Crippen LogP contribution in [0.3, 0.4) is 0 Å². The molecule has 0 radical (unpaired) electrons. The Balaban J connectivity index is 2.22. The molecule has 2 rings (SSSR count). The van der Waals surface area contributed by atoms with Gasteiger partial charge in [0.1, 0.15) is 0 Å². The van der Waals surface area contributed by atoms with Crippen molar-refractivity contribution in [1.82, 2.24) is 0 Å². The molecule has 2 aliphatic rings. The van der Waals surface area contributed by atoms with Gasteiger partial charge in [0.25, 0.3) is 0 Å². The molecule has 0 bridgehead atoms. The van der Waals surface area contributed by atoms with Gasteiger partial charge in [0.05, 0.1) is 6.10 Å². The average Bonchev–Trinajstić information content (AvgIpc) is 2.30. The van der Waals surface area contributed by atoms with Gasteiger partial charge in [0.15, 0.2) is 0 Å². The molecule has 0 aliphatic heterocycles. The van der Waals surface area contributed by atoms with Crippen LogP contribution in [-0.2, 0) is 4.74 Å². The highest BCUT2D eigenvalue weighted by Crippen LogP contribution is 2.28. The lowest BCUT2D eigenvalue weighted by molar-refractivity contribution is 0.134. The minimum atomic E-state index is 0.262. The van der Waals surface area contributed by atoms with Crippen molar-refractivity contribution in [3.05, 3.63) is 47.6 Å². The largest absolute Gasteiger partial charge is 0.376 e. The molecule has 0 amide bonds. The van der Waals surface area contributed by atoms with Gasteiger partial charge < -0.3 is 4.74 Å². The Morgan fingerprint density at radius 1 is 1.21 bits per heavy atom. The molecule has 0 N–H and O–H groups in total. The van der Waals surface area contributed by atoms with Gasteiger partial charge in [0.2, 0.25) is 0 Å². The highest BCUT2D eigenvalue weighted by atomic mass is 16.5. The van der Waals surface area contributed by atoms with Crippen molar-refractivity contribution in [2.75, 3.05) is 7.11 Å². The summed E-state index contributed by atoms with van der Waals surface area (Å²) in [5.74, 6) is 0. The molecular weight excluding hydrogens is 172 g/mol. The number of ether oxygens (including phenoxy) is 1. The molecule has 1 heteroatoms. The lowest BCUT2D eigenvalue weighted by Crippen LogP contribution is -2.16. The zero-order valence-electron chi connectivity index (χ0n) is 8.57.